The van der Waals surface area contributed by atoms with E-state index in [1.807, 2.05) is 0 Å². The lowest BCUT2D eigenvalue weighted by atomic mass is 10.00. The zero-order chi connectivity index (χ0) is 27.6. The lowest BCUT2D eigenvalue weighted by Crippen LogP contribution is -2.45. The number of aliphatic imine (C=N–C) groups is 1. The van der Waals surface area contributed by atoms with Crippen molar-refractivity contribution in [2.24, 2.45) is 10.7 Å². The number of methoxy groups -OCH3 is 1. The lowest BCUT2D eigenvalue weighted by Gasteiger charge is -2.23. The summed E-state index contributed by atoms with van der Waals surface area (Å²) in [4.78, 5) is 29.7. The number of nitrogens with zero attached hydrogens (tertiary/aromatic N) is 4. The van der Waals surface area contributed by atoms with Gasteiger partial charge in [-0.3, -0.25) is 14.4 Å². The molecule has 0 fully saturated rings. The Morgan fingerprint density at radius 2 is 1.89 bits per heavy atom. The fourth-order valence-electron chi connectivity index (χ4n) is 3.94. The fourth-order valence-corrected chi connectivity index (χ4v) is 4.07. The number of hydrogen-bond donors (Lipinski definition) is 2. The molecule has 0 saturated carbocycles. The van der Waals surface area contributed by atoms with Crippen LogP contribution in [0.5, 0.6) is 5.75 Å². The molecule has 0 spiro atoms. The zero-order valence-electron chi connectivity index (χ0n) is 20.1. The predicted octanol–water partition coefficient (Wildman–Crippen LogP) is 2.68. The maximum absolute atomic E-state index is 13.2. The van der Waals surface area contributed by atoms with E-state index >= 15 is 0 Å². The standard InChI is InChI=1S/C24H22ClF3N6O4/c1-12-32-33-21-19(20(22(35)30-10-9-29)38-23(36)24(26,27)28)31-18(13-3-5-14(25)6-4-13)16-11-15(37-2)7-8-17(16)34(12)21/h3-8,11,19-20H,9-10,29H2,1-2H3,(H,30,35)/t19-,20?/m1/s1. The summed E-state index contributed by atoms with van der Waals surface area (Å²) in [6.07, 6.45) is -7.42. The van der Waals surface area contributed by atoms with Crippen LogP contribution in [0.15, 0.2) is 47.5 Å². The van der Waals surface area contributed by atoms with Gasteiger partial charge < -0.3 is 20.5 Å². The van der Waals surface area contributed by atoms with Crippen LogP contribution in [0.25, 0.3) is 5.69 Å². The highest BCUT2D eigenvalue weighted by atomic mass is 35.5. The van der Waals surface area contributed by atoms with Crippen molar-refractivity contribution >= 4 is 29.2 Å². The summed E-state index contributed by atoms with van der Waals surface area (Å²) in [6.45, 7) is 1.54. The smallest absolute Gasteiger partial charge is 0.490 e. The van der Waals surface area contributed by atoms with Gasteiger partial charge >= 0.3 is 12.1 Å². The Balaban J connectivity index is 1.99. The van der Waals surface area contributed by atoms with E-state index in [0.29, 0.717) is 33.4 Å². The lowest BCUT2D eigenvalue weighted by molar-refractivity contribution is -0.206. The molecule has 4 rings (SSSR count). The number of esters is 1. The number of carbonyl (C=O) groups is 2. The monoisotopic (exact) mass is 550 g/mol. The quantitative estimate of drug-likeness (QED) is 0.432. The fraction of sp³-hybridized carbons (Fsp3) is 0.292. The van der Waals surface area contributed by atoms with E-state index in [1.54, 1.807) is 49.4 Å². The SMILES string of the molecule is COc1ccc2c(c1)C(c1ccc(Cl)cc1)=N[C@H](C(OC(=O)C(F)(F)F)C(=O)NCCN)c1nnc(C)n1-2. The predicted molar refractivity (Wildman–Crippen MR) is 130 cm³/mol. The number of nitrogens with one attached hydrogen (secondary N) is 1. The number of carbonyl (C=O) groups excluding carboxylic acids is 2. The average molecular weight is 551 g/mol. The van der Waals surface area contributed by atoms with Crippen LogP contribution in [0.1, 0.15) is 28.8 Å². The molecule has 3 N–H and O–H groups in total. The molecule has 38 heavy (non-hydrogen) atoms. The molecule has 10 nitrogen and oxygen atoms in total. The van der Waals surface area contributed by atoms with Crippen LogP contribution in [0.4, 0.5) is 13.2 Å². The van der Waals surface area contributed by atoms with Crippen molar-refractivity contribution < 1.29 is 32.2 Å². The molecule has 2 heterocycles. The Hall–Kier alpha value is -3.97. The third-order valence-electron chi connectivity index (χ3n) is 5.65. The molecule has 1 amide bonds. The van der Waals surface area contributed by atoms with Crippen molar-refractivity contribution in [1.82, 2.24) is 20.1 Å². The van der Waals surface area contributed by atoms with E-state index in [1.165, 1.54) is 11.7 Å². The second kappa shape index (κ2) is 10.8. The number of alkyl halides is 3. The molecule has 3 aromatic rings. The largest absolute Gasteiger partial charge is 0.497 e. The number of aromatic nitrogens is 3. The number of hydrogen-bond acceptors (Lipinski definition) is 8. The maximum Gasteiger partial charge on any atom is 0.490 e. The van der Waals surface area contributed by atoms with Gasteiger partial charge in [-0.15, -0.1) is 10.2 Å². The van der Waals surface area contributed by atoms with Crippen LogP contribution >= 0.6 is 11.6 Å². The van der Waals surface area contributed by atoms with E-state index in [-0.39, 0.29) is 24.6 Å². The molecule has 2 atom stereocenters. The first-order chi connectivity index (χ1) is 18.0. The molecule has 0 radical (unpaired) electrons. The first-order valence-electron chi connectivity index (χ1n) is 11.2. The minimum atomic E-state index is -5.36. The molecular weight excluding hydrogens is 529 g/mol. The highest BCUT2D eigenvalue weighted by molar-refractivity contribution is 6.30. The number of amides is 1. The van der Waals surface area contributed by atoms with Crippen LogP contribution in [-0.2, 0) is 14.3 Å². The van der Waals surface area contributed by atoms with Crippen LogP contribution in [-0.4, -0.2) is 64.8 Å². The summed E-state index contributed by atoms with van der Waals surface area (Å²) in [6, 6.07) is 10.1. The normalized spacial score (nSPS) is 15.4. The van der Waals surface area contributed by atoms with E-state index in [9.17, 15) is 22.8 Å². The van der Waals surface area contributed by atoms with Crippen LogP contribution in [0.3, 0.4) is 0 Å². The number of halogens is 4. The minimum Gasteiger partial charge on any atom is -0.497 e. The molecule has 1 unspecified atom stereocenters. The molecule has 1 aliphatic heterocycles. The van der Waals surface area contributed by atoms with Gasteiger partial charge in [0.05, 0.1) is 18.5 Å². The molecular formula is C24H22ClF3N6O4. The van der Waals surface area contributed by atoms with Gasteiger partial charge in [0.15, 0.2) is 11.9 Å². The Morgan fingerprint density at radius 1 is 1.18 bits per heavy atom. The number of aryl methyl sites for hydroxylation is 1. The van der Waals surface area contributed by atoms with Gasteiger partial charge in [-0.1, -0.05) is 23.7 Å². The van der Waals surface area contributed by atoms with Gasteiger partial charge in [-0.05, 0) is 37.3 Å². The van der Waals surface area contributed by atoms with Gasteiger partial charge in [0.2, 0.25) is 6.10 Å². The first-order valence-corrected chi connectivity index (χ1v) is 11.6. The van der Waals surface area contributed by atoms with Crippen molar-refractivity contribution in [1.29, 1.82) is 0 Å². The molecule has 2 aromatic carbocycles. The van der Waals surface area contributed by atoms with Gasteiger partial charge in [-0.25, -0.2) is 4.79 Å². The number of nitrogens with two attached hydrogens (primary N) is 1. The number of ether oxygens (including phenoxy) is 2. The Labute approximate surface area is 219 Å². The molecule has 1 aromatic heterocycles. The van der Waals surface area contributed by atoms with E-state index in [4.69, 9.17) is 26.8 Å². The van der Waals surface area contributed by atoms with Crippen molar-refractivity contribution in [2.75, 3.05) is 20.2 Å². The summed E-state index contributed by atoms with van der Waals surface area (Å²) in [5, 5.41) is 11.0. The summed E-state index contributed by atoms with van der Waals surface area (Å²) < 4.78 is 51.3. The summed E-state index contributed by atoms with van der Waals surface area (Å²) in [5.41, 5.74) is 7.26. The molecule has 14 heteroatoms. The summed E-state index contributed by atoms with van der Waals surface area (Å²) in [5.74, 6) is -2.78. The van der Waals surface area contributed by atoms with Crippen molar-refractivity contribution in [3.63, 3.8) is 0 Å². The zero-order valence-corrected chi connectivity index (χ0v) is 20.9. The van der Waals surface area contributed by atoms with Gasteiger partial charge in [0.1, 0.15) is 11.6 Å². The van der Waals surface area contributed by atoms with Crippen LogP contribution < -0.4 is 15.8 Å². The minimum absolute atomic E-state index is 0.00381. The molecule has 0 bridgehead atoms. The third kappa shape index (κ3) is 5.34. The van der Waals surface area contributed by atoms with Crippen LogP contribution in [0, 0.1) is 6.92 Å². The molecule has 1 aliphatic rings. The maximum atomic E-state index is 13.2. The number of fused-ring (bicyclic) bond motifs is 3. The van der Waals surface area contributed by atoms with Gasteiger partial charge in [0.25, 0.3) is 5.91 Å². The van der Waals surface area contributed by atoms with Crippen LogP contribution in [0.2, 0.25) is 5.02 Å². The number of benzene rings is 2. The Morgan fingerprint density at radius 3 is 2.53 bits per heavy atom. The van der Waals surface area contributed by atoms with Crippen molar-refractivity contribution in [2.45, 2.75) is 25.2 Å². The van der Waals surface area contributed by atoms with Crippen molar-refractivity contribution in [3.05, 3.63) is 70.3 Å². The Kier molecular flexibility index (Phi) is 7.69. The average Bonchev–Trinajstić information content (AvgIpc) is 3.20. The van der Waals surface area contributed by atoms with E-state index in [2.05, 4.69) is 20.5 Å². The summed E-state index contributed by atoms with van der Waals surface area (Å²) in [7, 11) is 1.48. The highest BCUT2D eigenvalue weighted by Gasteiger charge is 2.47. The number of rotatable bonds is 7. The second-order valence-electron chi connectivity index (χ2n) is 8.16. The first kappa shape index (κ1) is 27.1. The highest BCUT2D eigenvalue weighted by Crippen LogP contribution is 2.36. The van der Waals surface area contributed by atoms with E-state index < -0.39 is 30.2 Å². The third-order valence-corrected chi connectivity index (χ3v) is 5.91. The van der Waals surface area contributed by atoms with E-state index in [0.717, 1.165) is 0 Å². The summed E-state index contributed by atoms with van der Waals surface area (Å²) >= 11 is 6.07. The molecule has 200 valence electrons. The Bertz CT molecular complexity index is 1390. The van der Waals surface area contributed by atoms with Gasteiger partial charge in [0, 0.05) is 29.2 Å². The second-order valence-corrected chi connectivity index (χ2v) is 8.59. The molecule has 0 saturated heterocycles. The van der Waals surface area contributed by atoms with Gasteiger partial charge in [-0.2, -0.15) is 13.2 Å². The molecule has 0 aliphatic carbocycles. The topological polar surface area (TPSA) is 134 Å². The van der Waals surface area contributed by atoms with Crippen molar-refractivity contribution in [3.8, 4) is 11.4 Å².